The molecule has 0 saturated carbocycles. The maximum Gasteiger partial charge on any atom is 0.315 e. The Morgan fingerprint density at radius 3 is 3.00 bits per heavy atom. The van der Waals surface area contributed by atoms with Gasteiger partial charge in [0.05, 0.1) is 12.3 Å². The smallest absolute Gasteiger partial charge is 0.315 e. The first-order valence-corrected chi connectivity index (χ1v) is 7.03. The summed E-state index contributed by atoms with van der Waals surface area (Å²) in [6, 6.07) is 11.2. The van der Waals surface area contributed by atoms with E-state index < -0.39 is 0 Å². The lowest BCUT2D eigenvalue weighted by atomic mass is 10.1. The summed E-state index contributed by atoms with van der Waals surface area (Å²) < 4.78 is 10.8. The molecule has 1 aromatic carbocycles. The van der Waals surface area contributed by atoms with Gasteiger partial charge in [-0.1, -0.05) is 18.2 Å². The summed E-state index contributed by atoms with van der Waals surface area (Å²) in [6.45, 7) is 2.42. The zero-order valence-corrected chi connectivity index (χ0v) is 11.8. The van der Waals surface area contributed by atoms with Gasteiger partial charge in [0.25, 0.3) is 0 Å². The van der Waals surface area contributed by atoms with Crippen LogP contribution in [0, 0.1) is 0 Å². The zero-order valence-electron chi connectivity index (χ0n) is 11.8. The average Bonchev–Trinajstić information content (AvgIpc) is 3.09. The summed E-state index contributed by atoms with van der Waals surface area (Å²) in [5.74, 6) is 1.70. The van der Waals surface area contributed by atoms with E-state index in [1.807, 2.05) is 43.3 Å². The first-order valence-electron chi connectivity index (χ1n) is 7.03. The molecule has 2 N–H and O–H groups in total. The van der Waals surface area contributed by atoms with Crippen molar-refractivity contribution in [2.45, 2.75) is 25.4 Å². The number of amides is 2. The van der Waals surface area contributed by atoms with Crippen molar-refractivity contribution in [1.29, 1.82) is 0 Å². The lowest BCUT2D eigenvalue weighted by Gasteiger charge is -2.16. The highest BCUT2D eigenvalue weighted by atomic mass is 16.5. The van der Waals surface area contributed by atoms with E-state index >= 15 is 0 Å². The van der Waals surface area contributed by atoms with Gasteiger partial charge in [0, 0.05) is 18.0 Å². The lowest BCUT2D eigenvalue weighted by Crippen LogP contribution is -2.43. The molecule has 1 aromatic heterocycles. The van der Waals surface area contributed by atoms with Crippen molar-refractivity contribution in [1.82, 2.24) is 10.6 Å². The zero-order chi connectivity index (χ0) is 14.7. The number of furan rings is 1. The SMILES string of the molecule is C[C@@H](Cc1ccco1)NC(=O)N[C@@H]1COc2ccccc21. The van der Waals surface area contributed by atoms with E-state index in [9.17, 15) is 4.79 Å². The first-order chi connectivity index (χ1) is 10.2. The Morgan fingerprint density at radius 2 is 2.19 bits per heavy atom. The summed E-state index contributed by atoms with van der Waals surface area (Å²) in [4.78, 5) is 12.0. The maximum atomic E-state index is 12.0. The first kappa shape index (κ1) is 13.5. The number of hydrogen-bond acceptors (Lipinski definition) is 3. The molecule has 0 saturated heterocycles. The molecule has 110 valence electrons. The van der Waals surface area contributed by atoms with Crippen LogP contribution in [0.15, 0.2) is 47.1 Å². The molecule has 2 amide bonds. The summed E-state index contributed by atoms with van der Waals surface area (Å²) in [5, 5.41) is 5.85. The van der Waals surface area contributed by atoms with Gasteiger partial charge in [-0.15, -0.1) is 0 Å². The van der Waals surface area contributed by atoms with Crippen molar-refractivity contribution >= 4 is 6.03 Å². The van der Waals surface area contributed by atoms with Crippen LogP contribution in [0.2, 0.25) is 0 Å². The maximum absolute atomic E-state index is 12.0. The molecule has 0 unspecified atom stereocenters. The second-order valence-corrected chi connectivity index (χ2v) is 5.20. The number of fused-ring (bicyclic) bond motifs is 1. The molecule has 0 fully saturated rings. The Labute approximate surface area is 123 Å². The summed E-state index contributed by atoms with van der Waals surface area (Å²) in [7, 11) is 0. The largest absolute Gasteiger partial charge is 0.491 e. The van der Waals surface area contributed by atoms with Gasteiger partial charge in [-0.05, 0) is 25.1 Å². The Hall–Kier alpha value is -2.43. The third-order valence-electron chi connectivity index (χ3n) is 3.47. The molecule has 2 aromatic rings. The minimum atomic E-state index is -0.195. The van der Waals surface area contributed by atoms with Crippen molar-refractivity contribution in [2.75, 3.05) is 6.61 Å². The highest BCUT2D eigenvalue weighted by Crippen LogP contribution is 2.31. The molecule has 1 aliphatic rings. The van der Waals surface area contributed by atoms with Gasteiger partial charge in [0.1, 0.15) is 18.1 Å². The van der Waals surface area contributed by atoms with Crippen LogP contribution in [-0.2, 0) is 6.42 Å². The molecule has 2 atom stereocenters. The molecule has 0 spiro atoms. The molecule has 0 radical (unpaired) electrons. The van der Waals surface area contributed by atoms with Gasteiger partial charge in [0.2, 0.25) is 0 Å². The predicted molar refractivity (Wildman–Crippen MR) is 78.2 cm³/mol. The van der Waals surface area contributed by atoms with Gasteiger partial charge in [0.15, 0.2) is 0 Å². The van der Waals surface area contributed by atoms with Gasteiger partial charge in [-0.25, -0.2) is 4.79 Å². The van der Waals surface area contributed by atoms with E-state index in [-0.39, 0.29) is 18.1 Å². The van der Waals surface area contributed by atoms with Crippen molar-refractivity contribution in [3.8, 4) is 5.75 Å². The fraction of sp³-hybridized carbons (Fsp3) is 0.312. The molecule has 21 heavy (non-hydrogen) atoms. The monoisotopic (exact) mass is 286 g/mol. The van der Waals surface area contributed by atoms with E-state index in [2.05, 4.69) is 10.6 Å². The summed E-state index contributed by atoms with van der Waals surface area (Å²) in [6.07, 6.45) is 2.30. The molecular formula is C16H18N2O3. The van der Waals surface area contributed by atoms with Crippen molar-refractivity contribution in [3.63, 3.8) is 0 Å². The fourth-order valence-corrected chi connectivity index (χ4v) is 2.49. The average molecular weight is 286 g/mol. The van der Waals surface area contributed by atoms with Crippen LogP contribution < -0.4 is 15.4 Å². The number of rotatable bonds is 4. The normalized spacial score (nSPS) is 17.7. The second kappa shape index (κ2) is 5.91. The number of para-hydroxylation sites is 1. The second-order valence-electron chi connectivity index (χ2n) is 5.20. The molecule has 5 heteroatoms. The van der Waals surface area contributed by atoms with Crippen LogP contribution in [0.4, 0.5) is 4.79 Å². The number of carbonyl (C=O) groups is 1. The number of carbonyl (C=O) groups excluding carboxylic acids is 1. The van der Waals surface area contributed by atoms with E-state index in [0.717, 1.165) is 17.1 Å². The minimum absolute atomic E-state index is 0.00582. The van der Waals surface area contributed by atoms with Gasteiger partial charge >= 0.3 is 6.03 Å². The Bertz CT molecular complexity index is 610. The number of benzene rings is 1. The predicted octanol–water partition coefficient (Wildman–Crippen LogP) is 2.64. The minimum Gasteiger partial charge on any atom is -0.491 e. The molecule has 1 aliphatic heterocycles. The van der Waals surface area contributed by atoms with Crippen molar-refractivity contribution in [3.05, 3.63) is 54.0 Å². The lowest BCUT2D eigenvalue weighted by molar-refractivity contribution is 0.228. The van der Waals surface area contributed by atoms with Crippen molar-refractivity contribution in [2.24, 2.45) is 0 Å². The molecule has 5 nitrogen and oxygen atoms in total. The molecule has 0 aliphatic carbocycles. The van der Waals surface area contributed by atoms with E-state index in [1.165, 1.54) is 0 Å². The highest BCUT2D eigenvalue weighted by molar-refractivity contribution is 5.75. The quantitative estimate of drug-likeness (QED) is 0.908. The van der Waals surface area contributed by atoms with E-state index in [1.54, 1.807) is 6.26 Å². The number of hydrogen-bond donors (Lipinski definition) is 2. The third kappa shape index (κ3) is 3.18. The topological polar surface area (TPSA) is 63.5 Å². The van der Waals surface area contributed by atoms with E-state index in [4.69, 9.17) is 9.15 Å². The van der Waals surface area contributed by atoms with Crippen LogP contribution in [0.5, 0.6) is 5.75 Å². The van der Waals surface area contributed by atoms with Crippen LogP contribution in [0.1, 0.15) is 24.3 Å². The molecular weight excluding hydrogens is 268 g/mol. The van der Waals surface area contributed by atoms with Crippen LogP contribution in [-0.4, -0.2) is 18.7 Å². The Morgan fingerprint density at radius 1 is 1.33 bits per heavy atom. The number of urea groups is 1. The molecule has 0 bridgehead atoms. The molecule has 2 heterocycles. The Kier molecular flexibility index (Phi) is 3.81. The standard InChI is InChI=1S/C16H18N2O3/c1-11(9-12-5-4-8-20-12)17-16(19)18-14-10-21-15-7-3-2-6-13(14)15/h2-8,11,14H,9-10H2,1H3,(H2,17,18,19)/t11-,14+/m0/s1. The highest BCUT2D eigenvalue weighted by Gasteiger charge is 2.25. The fourth-order valence-electron chi connectivity index (χ4n) is 2.49. The van der Waals surface area contributed by atoms with Crippen LogP contribution >= 0.6 is 0 Å². The number of nitrogens with one attached hydrogen (secondary N) is 2. The van der Waals surface area contributed by atoms with Gasteiger partial charge in [-0.2, -0.15) is 0 Å². The van der Waals surface area contributed by atoms with Crippen LogP contribution in [0.25, 0.3) is 0 Å². The van der Waals surface area contributed by atoms with Gasteiger partial charge < -0.3 is 19.8 Å². The van der Waals surface area contributed by atoms with Crippen LogP contribution in [0.3, 0.4) is 0 Å². The third-order valence-corrected chi connectivity index (χ3v) is 3.47. The van der Waals surface area contributed by atoms with E-state index in [0.29, 0.717) is 13.0 Å². The summed E-state index contributed by atoms with van der Waals surface area (Å²) in [5.41, 5.74) is 1.02. The van der Waals surface area contributed by atoms with Crippen molar-refractivity contribution < 1.29 is 13.9 Å². The number of ether oxygens (including phenoxy) is 1. The van der Waals surface area contributed by atoms with Gasteiger partial charge in [-0.3, -0.25) is 0 Å². The molecule has 3 rings (SSSR count). The Balaban J connectivity index is 1.53. The summed E-state index contributed by atoms with van der Waals surface area (Å²) >= 11 is 0.